The molecule has 0 N–H and O–H groups in total. The summed E-state index contributed by atoms with van der Waals surface area (Å²) in [5.41, 5.74) is 1.93. The van der Waals surface area contributed by atoms with Crippen molar-refractivity contribution in [3.05, 3.63) is 42.6 Å². The predicted molar refractivity (Wildman–Crippen MR) is 98.4 cm³/mol. The summed E-state index contributed by atoms with van der Waals surface area (Å²) in [6.45, 7) is 1.55. The Bertz CT molecular complexity index is 908. The van der Waals surface area contributed by atoms with Crippen LogP contribution in [0.25, 0.3) is 16.9 Å². The molecule has 28 heavy (non-hydrogen) atoms. The maximum Gasteiger partial charge on any atom is 0.573 e. The van der Waals surface area contributed by atoms with Gasteiger partial charge in [-0.2, -0.15) is 0 Å². The van der Waals surface area contributed by atoms with Crippen molar-refractivity contribution in [3.63, 3.8) is 0 Å². The zero-order valence-corrected chi connectivity index (χ0v) is 15.6. The molecule has 2 heterocycles. The van der Waals surface area contributed by atoms with E-state index >= 15 is 0 Å². The van der Waals surface area contributed by atoms with E-state index in [-0.39, 0.29) is 5.75 Å². The summed E-state index contributed by atoms with van der Waals surface area (Å²) in [5.74, 6) is 0.188. The fourth-order valence-electron chi connectivity index (χ4n) is 2.66. The van der Waals surface area contributed by atoms with E-state index in [0.29, 0.717) is 29.4 Å². The molecule has 2 aromatic heterocycles. The van der Waals surface area contributed by atoms with Crippen LogP contribution in [0, 0.1) is 0 Å². The summed E-state index contributed by atoms with van der Waals surface area (Å²) in [6.07, 6.45) is -1.17. The Morgan fingerprint density at radius 1 is 1.04 bits per heavy atom. The third-order valence-corrected chi connectivity index (χ3v) is 3.97. The molecule has 3 rings (SSSR count). The van der Waals surface area contributed by atoms with Gasteiger partial charge in [-0.25, -0.2) is 9.50 Å². The van der Waals surface area contributed by atoms with Gasteiger partial charge in [-0.3, -0.25) is 0 Å². The van der Waals surface area contributed by atoms with Crippen molar-refractivity contribution in [2.45, 2.75) is 19.2 Å². The van der Waals surface area contributed by atoms with Gasteiger partial charge >= 0.3 is 6.36 Å². The van der Waals surface area contributed by atoms with Crippen molar-refractivity contribution in [3.8, 4) is 22.9 Å². The average Bonchev–Trinajstić information content (AvgIpc) is 3.04. The Hall–Kier alpha value is -2.81. The Kier molecular flexibility index (Phi) is 6.03. The first-order valence-corrected chi connectivity index (χ1v) is 8.80. The molecular formula is C19H21F3N4O2. The molecule has 3 aromatic rings. The number of benzene rings is 1. The van der Waals surface area contributed by atoms with Crippen molar-refractivity contribution in [2.75, 3.05) is 27.2 Å². The fraction of sp³-hybridized carbons (Fsp3) is 0.368. The number of imidazole rings is 1. The minimum atomic E-state index is -4.72. The highest BCUT2D eigenvalue weighted by Gasteiger charge is 2.31. The second kappa shape index (κ2) is 8.47. The van der Waals surface area contributed by atoms with Gasteiger partial charge in [0.1, 0.15) is 5.75 Å². The average molecular weight is 394 g/mol. The number of aromatic nitrogens is 3. The van der Waals surface area contributed by atoms with Crippen molar-refractivity contribution in [1.82, 2.24) is 19.5 Å². The van der Waals surface area contributed by atoms with E-state index in [0.717, 1.165) is 19.4 Å². The summed E-state index contributed by atoms with van der Waals surface area (Å²) in [6, 6.07) is 9.10. The summed E-state index contributed by atoms with van der Waals surface area (Å²) < 4.78 is 48.1. The van der Waals surface area contributed by atoms with E-state index < -0.39 is 6.36 Å². The van der Waals surface area contributed by atoms with Crippen LogP contribution in [0.5, 0.6) is 11.6 Å². The third-order valence-electron chi connectivity index (χ3n) is 3.97. The zero-order valence-electron chi connectivity index (χ0n) is 15.6. The number of rotatable bonds is 8. The summed E-state index contributed by atoms with van der Waals surface area (Å²) in [4.78, 5) is 6.39. The maximum atomic E-state index is 12.3. The summed E-state index contributed by atoms with van der Waals surface area (Å²) in [5, 5.41) is 4.44. The number of fused-ring (bicyclic) bond motifs is 1. The SMILES string of the molecule is CN(C)CCCCOc1ccc2ncc(-c3ccc(OC(F)(F)F)cc3)n2n1. The van der Waals surface area contributed by atoms with Crippen LogP contribution >= 0.6 is 0 Å². The second-order valence-electron chi connectivity index (χ2n) is 6.52. The van der Waals surface area contributed by atoms with Gasteiger partial charge in [-0.05, 0) is 63.8 Å². The first-order chi connectivity index (χ1) is 13.3. The van der Waals surface area contributed by atoms with Crippen LogP contribution < -0.4 is 9.47 Å². The normalized spacial score (nSPS) is 11.9. The summed E-state index contributed by atoms with van der Waals surface area (Å²) in [7, 11) is 4.05. The van der Waals surface area contributed by atoms with Crippen LogP contribution in [0.4, 0.5) is 13.2 Å². The lowest BCUT2D eigenvalue weighted by atomic mass is 10.1. The number of unbranched alkanes of at least 4 members (excludes halogenated alkanes) is 1. The molecule has 0 aliphatic rings. The van der Waals surface area contributed by atoms with Crippen molar-refractivity contribution >= 4 is 5.65 Å². The van der Waals surface area contributed by atoms with E-state index in [1.165, 1.54) is 24.3 Å². The molecule has 0 fully saturated rings. The standard InChI is InChI=1S/C19H21F3N4O2/c1-25(2)11-3-4-12-27-18-10-9-17-23-13-16(26(17)24-18)14-5-7-15(8-6-14)28-19(20,21)22/h5-10,13H,3-4,11-12H2,1-2H3. The second-order valence-corrected chi connectivity index (χ2v) is 6.52. The third kappa shape index (κ3) is 5.35. The predicted octanol–water partition coefficient (Wildman–Crippen LogP) is 4.02. The van der Waals surface area contributed by atoms with Gasteiger partial charge in [-0.15, -0.1) is 18.3 Å². The fourth-order valence-corrected chi connectivity index (χ4v) is 2.66. The lowest BCUT2D eigenvalue weighted by Crippen LogP contribution is -2.16. The molecule has 9 heteroatoms. The molecule has 0 unspecified atom stereocenters. The van der Waals surface area contributed by atoms with Gasteiger partial charge in [0.15, 0.2) is 5.65 Å². The van der Waals surface area contributed by atoms with Crippen LogP contribution in [0.15, 0.2) is 42.6 Å². The summed E-state index contributed by atoms with van der Waals surface area (Å²) >= 11 is 0. The maximum absolute atomic E-state index is 12.3. The van der Waals surface area contributed by atoms with E-state index in [4.69, 9.17) is 4.74 Å². The van der Waals surface area contributed by atoms with E-state index in [1.807, 2.05) is 14.1 Å². The molecule has 0 bridgehead atoms. The molecule has 0 saturated heterocycles. The largest absolute Gasteiger partial charge is 0.573 e. The van der Waals surface area contributed by atoms with Gasteiger partial charge in [0.25, 0.3) is 0 Å². The molecule has 1 aromatic carbocycles. The highest BCUT2D eigenvalue weighted by molar-refractivity contribution is 5.63. The monoisotopic (exact) mass is 394 g/mol. The molecule has 0 aliphatic carbocycles. The van der Waals surface area contributed by atoms with Crippen molar-refractivity contribution in [1.29, 1.82) is 0 Å². The van der Waals surface area contributed by atoms with Gasteiger partial charge in [0.05, 0.1) is 18.5 Å². The quantitative estimate of drug-likeness (QED) is 0.540. The molecule has 0 radical (unpaired) electrons. The molecule has 0 saturated carbocycles. The molecule has 150 valence electrons. The Balaban J connectivity index is 1.71. The van der Waals surface area contributed by atoms with Crippen LogP contribution in [-0.2, 0) is 0 Å². The van der Waals surface area contributed by atoms with Crippen molar-refractivity contribution in [2.24, 2.45) is 0 Å². The Morgan fingerprint density at radius 2 is 1.79 bits per heavy atom. The van der Waals surface area contributed by atoms with Gasteiger partial charge in [0, 0.05) is 11.6 Å². The van der Waals surface area contributed by atoms with Crippen LogP contribution in [0.3, 0.4) is 0 Å². The highest BCUT2D eigenvalue weighted by Crippen LogP contribution is 2.27. The molecule has 0 spiro atoms. The molecule has 0 aliphatic heterocycles. The molecule has 0 amide bonds. The minimum Gasteiger partial charge on any atom is -0.477 e. The van der Waals surface area contributed by atoms with Crippen LogP contribution in [-0.4, -0.2) is 53.1 Å². The molecular weight excluding hydrogens is 373 g/mol. The number of nitrogens with zero attached hydrogens (tertiary/aromatic N) is 4. The van der Waals surface area contributed by atoms with Gasteiger partial charge in [-0.1, -0.05) is 0 Å². The lowest BCUT2D eigenvalue weighted by molar-refractivity contribution is -0.274. The van der Waals surface area contributed by atoms with E-state index in [2.05, 4.69) is 19.7 Å². The van der Waals surface area contributed by atoms with Gasteiger partial charge in [0.2, 0.25) is 5.88 Å². The Morgan fingerprint density at radius 3 is 2.46 bits per heavy atom. The molecule has 0 atom stereocenters. The number of hydrogen-bond donors (Lipinski definition) is 0. The highest BCUT2D eigenvalue weighted by atomic mass is 19.4. The first kappa shape index (κ1) is 19.9. The van der Waals surface area contributed by atoms with E-state index in [9.17, 15) is 13.2 Å². The van der Waals surface area contributed by atoms with Crippen LogP contribution in [0.2, 0.25) is 0 Å². The van der Waals surface area contributed by atoms with Crippen LogP contribution in [0.1, 0.15) is 12.8 Å². The number of alkyl halides is 3. The minimum absolute atomic E-state index is 0.278. The van der Waals surface area contributed by atoms with Crippen molar-refractivity contribution < 1.29 is 22.6 Å². The van der Waals surface area contributed by atoms with Gasteiger partial charge < -0.3 is 14.4 Å². The topological polar surface area (TPSA) is 51.9 Å². The molecule has 6 nitrogen and oxygen atoms in total. The number of halogens is 3. The zero-order chi connectivity index (χ0) is 20.1. The van der Waals surface area contributed by atoms with E-state index in [1.54, 1.807) is 22.8 Å². The Labute approximate surface area is 160 Å². The lowest BCUT2D eigenvalue weighted by Gasteiger charge is -2.10. The number of hydrogen-bond acceptors (Lipinski definition) is 5. The first-order valence-electron chi connectivity index (χ1n) is 8.80. The smallest absolute Gasteiger partial charge is 0.477 e. The number of ether oxygens (including phenoxy) is 2.